The van der Waals surface area contributed by atoms with Crippen molar-refractivity contribution in [1.82, 2.24) is 5.32 Å². The van der Waals surface area contributed by atoms with E-state index in [9.17, 15) is 4.79 Å². The minimum absolute atomic E-state index is 0.113. The summed E-state index contributed by atoms with van der Waals surface area (Å²) in [6.45, 7) is 3.27. The monoisotopic (exact) mass is 303 g/mol. The molecule has 0 atom stereocenters. The lowest BCUT2D eigenvalue weighted by molar-refractivity contribution is 0.0951. The van der Waals surface area contributed by atoms with Crippen molar-refractivity contribution in [2.45, 2.75) is 19.9 Å². The first-order valence-electron chi connectivity index (χ1n) is 6.94. The molecule has 0 saturated carbocycles. The van der Waals surface area contributed by atoms with Gasteiger partial charge in [0.15, 0.2) is 0 Å². The second kappa shape index (κ2) is 7.70. The number of amides is 1. The molecule has 0 bridgehead atoms. The van der Waals surface area contributed by atoms with Crippen molar-refractivity contribution >= 4 is 17.5 Å². The molecule has 0 heterocycles. The van der Waals surface area contributed by atoms with Crippen LogP contribution >= 0.6 is 11.6 Å². The lowest BCUT2D eigenvalue weighted by atomic mass is 10.2. The fourth-order valence-corrected chi connectivity index (χ4v) is 1.94. The molecular weight excluding hydrogens is 286 g/mol. The van der Waals surface area contributed by atoms with Gasteiger partial charge in [-0.1, -0.05) is 30.7 Å². The van der Waals surface area contributed by atoms with E-state index in [1.54, 1.807) is 24.3 Å². The number of nitrogens with one attached hydrogen (secondary N) is 1. The van der Waals surface area contributed by atoms with Gasteiger partial charge in [0, 0.05) is 17.1 Å². The summed E-state index contributed by atoms with van der Waals surface area (Å²) in [4.78, 5) is 12.0. The van der Waals surface area contributed by atoms with Crippen LogP contribution in [0.25, 0.3) is 0 Å². The number of rotatable bonds is 6. The van der Waals surface area contributed by atoms with Gasteiger partial charge in [-0.25, -0.2) is 0 Å². The van der Waals surface area contributed by atoms with Crippen LogP contribution in [-0.4, -0.2) is 12.5 Å². The van der Waals surface area contributed by atoms with Crippen LogP contribution in [0.5, 0.6) is 5.75 Å². The normalized spacial score (nSPS) is 10.2. The van der Waals surface area contributed by atoms with Gasteiger partial charge in [-0.2, -0.15) is 0 Å². The molecule has 2 rings (SSSR count). The van der Waals surface area contributed by atoms with Gasteiger partial charge in [0.05, 0.1) is 6.61 Å². The molecule has 0 aliphatic carbocycles. The molecule has 110 valence electrons. The average molecular weight is 304 g/mol. The molecule has 0 fully saturated rings. The Bertz CT molecular complexity index is 579. The van der Waals surface area contributed by atoms with Crippen LogP contribution in [-0.2, 0) is 6.54 Å². The Labute approximate surface area is 129 Å². The van der Waals surface area contributed by atoms with Gasteiger partial charge in [0.1, 0.15) is 5.75 Å². The Morgan fingerprint density at radius 1 is 1.10 bits per heavy atom. The van der Waals surface area contributed by atoms with Gasteiger partial charge < -0.3 is 10.1 Å². The Balaban J connectivity index is 1.87. The van der Waals surface area contributed by atoms with Crippen LogP contribution in [0.3, 0.4) is 0 Å². The van der Waals surface area contributed by atoms with Crippen molar-refractivity contribution < 1.29 is 9.53 Å². The molecule has 3 nitrogen and oxygen atoms in total. The summed E-state index contributed by atoms with van der Waals surface area (Å²) < 4.78 is 5.52. The standard InChI is InChI=1S/C17H18ClNO2/c1-2-11-21-16-9-3-13(4-10-16)12-19-17(20)14-5-7-15(18)8-6-14/h3-10H,2,11-12H2,1H3,(H,19,20). The summed E-state index contributed by atoms with van der Waals surface area (Å²) in [5, 5.41) is 3.49. The third-order valence-corrected chi connectivity index (χ3v) is 3.21. The van der Waals surface area contributed by atoms with Crippen LogP contribution in [0.2, 0.25) is 5.02 Å². The van der Waals surface area contributed by atoms with Crippen LogP contribution in [0.15, 0.2) is 48.5 Å². The Morgan fingerprint density at radius 3 is 2.38 bits per heavy atom. The van der Waals surface area contributed by atoms with Gasteiger partial charge in [-0.3, -0.25) is 4.79 Å². The molecule has 2 aromatic rings. The first kappa shape index (κ1) is 15.4. The zero-order valence-corrected chi connectivity index (χ0v) is 12.7. The Kier molecular flexibility index (Phi) is 5.64. The predicted molar refractivity (Wildman–Crippen MR) is 84.9 cm³/mol. The van der Waals surface area contributed by atoms with Gasteiger partial charge in [0.25, 0.3) is 5.91 Å². The third kappa shape index (κ3) is 4.80. The summed E-state index contributed by atoms with van der Waals surface area (Å²) in [5.41, 5.74) is 1.63. The summed E-state index contributed by atoms with van der Waals surface area (Å²) in [6.07, 6.45) is 0.985. The van der Waals surface area contributed by atoms with Crippen molar-refractivity contribution in [2.24, 2.45) is 0 Å². The molecule has 4 heteroatoms. The van der Waals surface area contributed by atoms with Crippen molar-refractivity contribution in [3.8, 4) is 5.75 Å². The Morgan fingerprint density at radius 2 is 1.76 bits per heavy atom. The highest BCUT2D eigenvalue weighted by atomic mass is 35.5. The molecule has 2 aromatic carbocycles. The molecule has 21 heavy (non-hydrogen) atoms. The maximum atomic E-state index is 12.0. The van der Waals surface area contributed by atoms with E-state index in [2.05, 4.69) is 12.2 Å². The fraction of sp³-hybridized carbons (Fsp3) is 0.235. The molecule has 1 amide bonds. The highest BCUT2D eigenvalue weighted by molar-refractivity contribution is 6.30. The van der Waals surface area contributed by atoms with Crippen LogP contribution < -0.4 is 10.1 Å². The summed E-state index contributed by atoms with van der Waals surface area (Å²) in [7, 11) is 0. The highest BCUT2D eigenvalue weighted by Crippen LogP contribution is 2.13. The molecule has 0 saturated heterocycles. The zero-order valence-electron chi connectivity index (χ0n) is 11.9. The number of halogens is 1. The fourth-order valence-electron chi connectivity index (χ4n) is 1.81. The van der Waals surface area contributed by atoms with E-state index < -0.39 is 0 Å². The van der Waals surface area contributed by atoms with Crippen LogP contribution in [0.1, 0.15) is 29.3 Å². The van der Waals surface area contributed by atoms with Crippen LogP contribution in [0, 0.1) is 0 Å². The number of carbonyl (C=O) groups is 1. The van der Waals surface area contributed by atoms with Crippen molar-refractivity contribution in [2.75, 3.05) is 6.61 Å². The van der Waals surface area contributed by atoms with E-state index in [1.807, 2.05) is 24.3 Å². The third-order valence-electron chi connectivity index (χ3n) is 2.96. The first-order valence-corrected chi connectivity index (χ1v) is 7.32. The van der Waals surface area contributed by atoms with Gasteiger partial charge in [-0.05, 0) is 48.4 Å². The number of benzene rings is 2. The van der Waals surface area contributed by atoms with Gasteiger partial charge in [-0.15, -0.1) is 0 Å². The number of hydrogen-bond donors (Lipinski definition) is 1. The number of carbonyl (C=O) groups excluding carboxylic acids is 1. The van der Waals surface area contributed by atoms with E-state index >= 15 is 0 Å². The largest absolute Gasteiger partial charge is 0.494 e. The van der Waals surface area contributed by atoms with Crippen molar-refractivity contribution in [1.29, 1.82) is 0 Å². The molecule has 0 aliphatic rings. The minimum atomic E-state index is -0.113. The SMILES string of the molecule is CCCOc1ccc(CNC(=O)c2ccc(Cl)cc2)cc1. The average Bonchev–Trinajstić information content (AvgIpc) is 2.52. The predicted octanol–water partition coefficient (Wildman–Crippen LogP) is 4.06. The summed E-state index contributed by atoms with van der Waals surface area (Å²) in [5.74, 6) is 0.739. The highest BCUT2D eigenvalue weighted by Gasteiger charge is 2.04. The molecule has 1 N–H and O–H groups in total. The van der Waals surface area contributed by atoms with E-state index in [-0.39, 0.29) is 5.91 Å². The first-order chi connectivity index (χ1) is 10.2. The molecule has 0 spiro atoms. The molecule has 0 unspecified atom stereocenters. The number of ether oxygens (including phenoxy) is 1. The molecule has 0 radical (unpaired) electrons. The lowest BCUT2D eigenvalue weighted by Crippen LogP contribution is -2.22. The second-order valence-electron chi connectivity index (χ2n) is 4.68. The molecule has 0 aromatic heterocycles. The van der Waals surface area contributed by atoms with E-state index in [4.69, 9.17) is 16.3 Å². The Hall–Kier alpha value is -2.00. The second-order valence-corrected chi connectivity index (χ2v) is 5.12. The van der Waals surface area contributed by atoms with Gasteiger partial charge in [0.2, 0.25) is 0 Å². The van der Waals surface area contributed by atoms with Gasteiger partial charge >= 0.3 is 0 Å². The summed E-state index contributed by atoms with van der Waals surface area (Å²) in [6, 6.07) is 14.6. The minimum Gasteiger partial charge on any atom is -0.494 e. The smallest absolute Gasteiger partial charge is 0.251 e. The van der Waals surface area contributed by atoms with E-state index in [1.165, 1.54) is 0 Å². The quantitative estimate of drug-likeness (QED) is 0.874. The van der Waals surface area contributed by atoms with Crippen LogP contribution in [0.4, 0.5) is 0 Å². The lowest BCUT2D eigenvalue weighted by Gasteiger charge is -2.07. The zero-order chi connectivity index (χ0) is 15.1. The maximum absolute atomic E-state index is 12.0. The van der Waals surface area contributed by atoms with E-state index in [0.717, 1.165) is 17.7 Å². The van der Waals surface area contributed by atoms with Crippen molar-refractivity contribution in [3.63, 3.8) is 0 Å². The topological polar surface area (TPSA) is 38.3 Å². The van der Waals surface area contributed by atoms with Crippen molar-refractivity contribution in [3.05, 3.63) is 64.7 Å². The van der Waals surface area contributed by atoms with E-state index in [0.29, 0.717) is 23.7 Å². The number of hydrogen-bond acceptors (Lipinski definition) is 2. The molecule has 0 aliphatic heterocycles. The summed E-state index contributed by atoms with van der Waals surface area (Å²) >= 11 is 5.80. The maximum Gasteiger partial charge on any atom is 0.251 e. The molecular formula is C17H18ClNO2.